The molecule has 1 aromatic heterocycles. The minimum Gasteiger partial charge on any atom is -0.389 e. The Hall–Kier alpha value is -3.26. The normalized spacial score (nSPS) is 18.4. The van der Waals surface area contributed by atoms with Gasteiger partial charge >= 0.3 is 6.97 Å². The fourth-order valence-corrected chi connectivity index (χ4v) is 7.17. The van der Waals surface area contributed by atoms with Crippen LogP contribution >= 0.6 is 22.6 Å². The molecule has 0 saturated carbocycles. The fraction of sp³-hybridized carbons (Fsp3) is 0.129. The Bertz CT molecular complexity index is 1760. The smallest absolute Gasteiger partial charge is 0.389 e. The second-order valence-electron chi connectivity index (χ2n) is 10.3. The summed E-state index contributed by atoms with van der Waals surface area (Å²) in [6, 6.07) is 26.4. The van der Waals surface area contributed by atoms with E-state index in [2.05, 4.69) is 59.0 Å². The van der Waals surface area contributed by atoms with Crippen molar-refractivity contribution in [3.63, 3.8) is 0 Å². The zero-order chi connectivity index (χ0) is 24.9. The first-order valence-electron chi connectivity index (χ1n) is 12.8. The molecule has 0 bridgehead atoms. The van der Waals surface area contributed by atoms with Crippen LogP contribution in [0.1, 0.15) is 39.9 Å². The molecule has 2 aliphatic heterocycles. The topological polar surface area (TPSA) is 7.94 Å². The highest BCUT2D eigenvalue weighted by atomic mass is 127. The first-order chi connectivity index (χ1) is 18.0. The zero-order valence-electron chi connectivity index (χ0n) is 20.0. The summed E-state index contributed by atoms with van der Waals surface area (Å²) in [5, 5.41) is 0. The Morgan fingerprint density at radius 1 is 0.757 bits per heavy atom. The molecule has 0 amide bonds. The van der Waals surface area contributed by atoms with Crippen molar-refractivity contribution >= 4 is 40.8 Å². The van der Waals surface area contributed by atoms with E-state index < -0.39 is 6.97 Å². The number of halogens is 3. The van der Waals surface area contributed by atoms with Crippen molar-refractivity contribution in [1.82, 2.24) is 4.48 Å². The molecule has 4 aromatic rings. The average Bonchev–Trinajstić information content (AvgIpc) is 3.50. The van der Waals surface area contributed by atoms with Crippen molar-refractivity contribution < 1.29 is 13.1 Å². The largest absolute Gasteiger partial charge is 0.737 e. The molecule has 2 nitrogen and oxygen atoms in total. The summed E-state index contributed by atoms with van der Waals surface area (Å²) in [5.41, 5.74) is 10.7. The molecule has 0 fully saturated rings. The molecule has 180 valence electrons. The first-order valence-corrected chi connectivity index (χ1v) is 13.9. The standard InChI is InChI=1S/C31H22BF2IN2/c33-32(34)36-27(17-22-11-9-19-5-1-3-7-25(19)30(22)36)29(21-13-15-24(35)16-14-21)28-18-23-12-10-20-6-2-4-8-26(20)31(23)37(28)32/h1-8,13-18H,9-12H2. The summed E-state index contributed by atoms with van der Waals surface area (Å²) in [7, 11) is 0. The molecule has 8 rings (SSSR count). The summed E-state index contributed by atoms with van der Waals surface area (Å²) in [5.74, 6) is 0. The number of aryl methyl sites for hydroxylation is 3. The van der Waals surface area contributed by atoms with Gasteiger partial charge in [0.2, 0.25) is 0 Å². The van der Waals surface area contributed by atoms with Gasteiger partial charge in [-0.05, 0) is 100 Å². The van der Waals surface area contributed by atoms with E-state index in [4.69, 9.17) is 0 Å². The van der Waals surface area contributed by atoms with Gasteiger partial charge in [-0.3, -0.25) is 0 Å². The Kier molecular flexibility index (Phi) is 4.50. The van der Waals surface area contributed by atoms with Crippen LogP contribution in [-0.2, 0) is 19.3 Å². The number of nitrogens with zero attached hydrogens (tertiary/aromatic N) is 2. The number of allylic oxidation sites excluding steroid dienone is 2. The number of hydrogen-bond donors (Lipinski definition) is 0. The van der Waals surface area contributed by atoms with Crippen LogP contribution in [0.3, 0.4) is 0 Å². The molecule has 0 radical (unpaired) electrons. The Balaban J connectivity index is 1.51. The number of benzene rings is 3. The van der Waals surface area contributed by atoms with E-state index in [1.807, 2.05) is 48.5 Å². The minimum absolute atomic E-state index is 0.628. The average molecular weight is 598 g/mol. The van der Waals surface area contributed by atoms with Crippen LogP contribution in [0.4, 0.5) is 8.63 Å². The van der Waals surface area contributed by atoms with Crippen molar-refractivity contribution in [3.8, 4) is 11.3 Å². The third kappa shape index (κ3) is 2.93. The molecule has 0 saturated heterocycles. The van der Waals surface area contributed by atoms with Crippen LogP contribution in [-0.4, -0.2) is 21.6 Å². The van der Waals surface area contributed by atoms with Crippen LogP contribution in [0.5, 0.6) is 0 Å². The molecule has 6 heteroatoms. The number of rotatable bonds is 1. The lowest BCUT2D eigenvalue weighted by Crippen LogP contribution is -2.52. The van der Waals surface area contributed by atoms with Crippen LogP contribution in [0, 0.1) is 3.57 Å². The van der Waals surface area contributed by atoms with Crippen LogP contribution in [0.2, 0.25) is 0 Å². The fourth-order valence-electron chi connectivity index (χ4n) is 6.81. The summed E-state index contributed by atoms with van der Waals surface area (Å²) < 4.78 is 38.2. The molecule has 0 spiro atoms. The SMILES string of the molecule is F[B-]1(F)n2c(cc3c2-c2ccccc2CC3)C(c2ccc(I)cc2)=C2C=C3CCc4ccccc4C3=[N+]21. The van der Waals surface area contributed by atoms with Crippen LogP contribution < -0.4 is 0 Å². The zero-order valence-corrected chi connectivity index (χ0v) is 22.2. The lowest BCUT2D eigenvalue weighted by Gasteiger charge is -2.35. The predicted molar refractivity (Wildman–Crippen MR) is 153 cm³/mol. The first kappa shape index (κ1) is 21.8. The molecule has 0 unspecified atom stereocenters. The van der Waals surface area contributed by atoms with E-state index in [-0.39, 0.29) is 0 Å². The van der Waals surface area contributed by atoms with Gasteiger partial charge in [-0.25, -0.2) is 0 Å². The molecule has 4 aliphatic rings. The molecule has 3 heterocycles. The third-order valence-corrected chi connectivity index (χ3v) is 9.09. The minimum atomic E-state index is -4.13. The predicted octanol–water partition coefficient (Wildman–Crippen LogP) is 7.24. The van der Waals surface area contributed by atoms with E-state index in [9.17, 15) is 0 Å². The van der Waals surface area contributed by atoms with Gasteiger partial charge in [-0.1, -0.05) is 54.6 Å². The van der Waals surface area contributed by atoms with Gasteiger partial charge in [0.25, 0.3) is 0 Å². The van der Waals surface area contributed by atoms with Gasteiger partial charge in [0.15, 0.2) is 11.4 Å². The Morgan fingerprint density at radius 3 is 2.19 bits per heavy atom. The third-order valence-electron chi connectivity index (χ3n) is 8.37. The maximum Gasteiger partial charge on any atom is 0.737 e. The maximum absolute atomic E-state index is 17.1. The second-order valence-corrected chi connectivity index (χ2v) is 11.6. The van der Waals surface area contributed by atoms with Gasteiger partial charge in [-0.15, -0.1) is 0 Å². The number of hydrogen-bond acceptors (Lipinski definition) is 0. The second kappa shape index (κ2) is 7.63. The van der Waals surface area contributed by atoms with Crippen molar-refractivity contribution in [2.75, 3.05) is 0 Å². The molecule has 0 atom stereocenters. The summed E-state index contributed by atoms with van der Waals surface area (Å²) >= 11 is 2.30. The molecule has 2 aliphatic carbocycles. The van der Waals surface area contributed by atoms with Gasteiger partial charge in [-0.2, -0.15) is 0 Å². The lowest BCUT2D eigenvalue weighted by molar-refractivity contribution is -0.361. The van der Waals surface area contributed by atoms with Crippen molar-refractivity contribution in [2.24, 2.45) is 0 Å². The van der Waals surface area contributed by atoms with E-state index in [1.165, 1.54) is 8.96 Å². The lowest BCUT2D eigenvalue weighted by atomic mass is 9.82. The highest BCUT2D eigenvalue weighted by molar-refractivity contribution is 14.1. The van der Waals surface area contributed by atoms with Gasteiger partial charge < -0.3 is 17.6 Å². The highest BCUT2D eigenvalue weighted by Gasteiger charge is 2.57. The van der Waals surface area contributed by atoms with Gasteiger partial charge in [0.05, 0.1) is 5.57 Å². The highest BCUT2D eigenvalue weighted by Crippen LogP contribution is 2.48. The van der Waals surface area contributed by atoms with Crippen LogP contribution in [0.25, 0.3) is 16.8 Å². The van der Waals surface area contributed by atoms with Gasteiger partial charge in [0.1, 0.15) is 0 Å². The molecular formula is C31H22BF2IN2. The van der Waals surface area contributed by atoms with Gasteiger partial charge in [0, 0.05) is 32.2 Å². The number of aromatic nitrogens is 1. The summed E-state index contributed by atoms with van der Waals surface area (Å²) in [4.78, 5) is 0. The Morgan fingerprint density at radius 2 is 1.41 bits per heavy atom. The number of fused-ring (bicyclic) bond motifs is 9. The van der Waals surface area contributed by atoms with Crippen LogP contribution in [0.15, 0.2) is 96.2 Å². The summed E-state index contributed by atoms with van der Waals surface area (Å²) in [6.45, 7) is -4.13. The van der Waals surface area contributed by atoms with E-state index in [0.717, 1.165) is 73.8 Å². The summed E-state index contributed by atoms with van der Waals surface area (Å²) in [6.07, 6.45) is 5.33. The van der Waals surface area contributed by atoms with Crippen molar-refractivity contribution in [1.29, 1.82) is 0 Å². The maximum atomic E-state index is 17.1. The van der Waals surface area contributed by atoms with E-state index in [1.54, 1.807) is 0 Å². The molecule has 0 N–H and O–H groups in total. The molecule has 3 aromatic carbocycles. The van der Waals surface area contributed by atoms with Crippen molar-refractivity contribution in [3.05, 3.63) is 133 Å². The Labute approximate surface area is 227 Å². The monoisotopic (exact) mass is 598 g/mol. The molecular weight excluding hydrogens is 576 g/mol. The van der Waals surface area contributed by atoms with E-state index >= 15 is 8.63 Å². The van der Waals surface area contributed by atoms with Crippen molar-refractivity contribution in [2.45, 2.75) is 25.7 Å². The quantitative estimate of drug-likeness (QED) is 0.161. The van der Waals surface area contributed by atoms with E-state index in [0.29, 0.717) is 22.8 Å². The molecule has 37 heavy (non-hydrogen) atoms.